The zero-order valence-corrected chi connectivity index (χ0v) is 12.8. The number of pyridine rings is 2. The molecule has 2 N–H and O–H groups in total. The summed E-state index contributed by atoms with van der Waals surface area (Å²) in [5.41, 5.74) is 0.870. The number of H-pyrrole nitrogens is 2. The second kappa shape index (κ2) is 5.79. The smallest absolute Gasteiger partial charge is 0.329 e. The minimum Gasteiger partial charge on any atom is -0.329 e. The lowest BCUT2D eigenvalue weighted by Crippen LogP contribution is -2.14. The zero-order chi connectivity index (χ0) is 18.3. The SMILES string of the molecule is O=c1[nH]ccc(-c2noc(C(F)(F)F)n2)c1Cc1n[nH]c2ncccc12. The van der Waals surface area contributed by atoms with E-state index in [-0.39, 0.29) is 23.4 Å². The van der Waals surface area contributed by atoms with Crippen LogP contribution in [0.4, 0.5) is 13.2 Å². The lowest BCUT2D eigenvalue weighted by Gasteiger charge is -2.04. The summed E-state index contributed by atoms with van der Waals surface area (Å²) in [6.07, 6.45) is -1.83. The Labute approximate surface area is 142 Å². The average molecular weight is 362 g/mol. The van der Waals surface area contributed by atoms with Gasteiger partial charge in [0.1, 0.15) is 0 Å². The van der Waals surface area contributed by atoms with Crippen LogP contribution >= 0.6 is 0 Å². The Bertz CT molecular complexity index is 1140. The third kappa shape index (κ3) is 2.72. The molecule has 0 fully saturated rings. The summed E-state index contributed by atoms with van der Waals surface area (Å²) in [5.74, 6) is -1.80. The van der Waals surface area contributed by atoms with Gasteiger partial charge in [-0.25, -0.2) is 4.98 Å². The number of hydrogen-bond donors (Lipinski definition) is 2. The Morgan fingerprint density at radius 1 is 1.23 bits per heavy atom. The van der Waals surface area contributed by atoms with Gasteiger partial charge in [-0.15, -0.1) is 0 Å². The maximum absolute atomic E-state index is 12.7. The second-order valence-corrected chi connectivity index (χ2v) is 5.37. The standard InChI is InChI=1S/C15H9F3N6O2/c16-15(17,18)14-21-12(24-26-14)7-3-5-20-13(25)9(7)6-10-8-2-1-4-19-11(8)23-22-10/h1-5H,6H2,(H,20,25)(H,19,22,23). The molecule has 11 heteroatoms. The van der Waals surface area contributed by atoms with Crippen LogP contribution < -0.4 is 5.56 Å². The van der Waals surface area contributed by atoms with E-state index >= 15 is 0 Å². The second-order valence-electron chi connectivity index (χ2n) is 5.37. The van der Waals surface area contributed by atoms with E-state index < -0.39 is 17.6 Å². The first-order valence-electron chi connectivity index (χ1n) is 7.33. The van der Waals surface area contributed by atoms with Crippen molar-refractivity contribution in [1.29, 1.82) is 0 Å². The van der Waals surface area contributed by atoms with Crippen LogP contribution in [0.3, 0.4) is 0 Å². The maximum atomic E-state index is 12.7. The Morgan fingerprint density at radius 3 is 2.85 bits per heavy atom. The van der Waals surface area contributed by atoms with Gasteiger partial charge >= 0.3 is 12.1 Å². The number of fused-ring (bicyclic) bond motifs is 1. The molecule has 8 nitrogen and oxygen atoms in total. The number of aromatic amines is 2. The lowest BCUT2D eigenvalue weighted by atomic mass is 10.0. The van der Waals surface area contributed by atoms with Gasteiger partial charge in [-0.2, -0.15) is 23.3 Å². The highest BCUT2D eigenvalue weighted by Gasteiger charge is 2.38. The molecule has 4 aromatic rings. The van der Waals surface area contributed by atoms with Crippen molar-refractivity contribution in [2.75, 3.05) is 0 Å². The van der Waals surface area contributed by atoms with Crippen molar-refractivity contribution in [3.63, 3.8) is 0 Å². The molecule has 132 valence electrons. The van der Waals surface area contributed by atoms with Crippen LogP contribution in [-0.4, -0.2) is 30.3 Å². The number of aromatic nitrogens is 6. The van der Waals surface area contributed by atoms with Crippen LogP contribution in [0.25, 0.3) is 22.4 Å². The van der Waals surface area contributed by atoms with Crippen molar-refractivity contribution in [2.24, 2.45) is 0 Å². The lowest BCUT2D eigenvalue weighted by molar-refractivity contribution is -0.159. The van der Waals surface area contributed by atoms with Gasteiger partial charge in [0, 0.05) is 35.3 Å². The molecule has 26 heavy (non-hydrogen) atoms. The van der Waals surface area contributed by atoms with E-state index in [0.29, 0.717) is 16.7 Å². The Morgan fingerprint density at radius 2 is 2.08 bits per heavy atom. The van der Waals surface area contributed by atoms with Gasteiger partial charge in [0.25, 0.3) is 5.56 Å². The first-order chi connectivity index (χ1) is 12.4. The summed E-state index contributed by atoms with van der Waals surface area (Å²) in [7, 11) is 0. The third-order valence-electron chi connectivity index (χ3n) is 3.73. The highest BCUT2D eigenvalue weighted by molar-refractivity contribution is 5.78. The van der Waals surface area contributed by atoms with E-state index in [1.54, 1.807) is 18.3 Å². The number of alkyl halides is 3. The van der Waals surface area contributed by atoms with E-state index in [2.05, 4.69) is 34.8 Å². The Hall–Kier alpha value is -3.50. The fourth-order valence-electron chi connectivity index (χ4n) is 2.55. The molecule has 0 spiro atoms. The molecule has 0 saturated carbocycles. The average Bonchev–Trinajstić information content (AvgIpc) is 3.24. The number of halogens is 3. The molecule has 0 aliphatic rings. The van der Waals surface area contributed by atoms with Crippen LogP contribution in [-0.2, 0) is 12.6 Å². The summed E-state index contributed by atoms with van der Waals surface area (Å²) in [6.45, 7) is 0. The predicted octanol–water partition coefficient (Wildman–Crippen LogP) is 2.31. The minimum absolute atomic E-state index is 0.0487. The minimum atomic E-state index is -4.77. The molecular weight excluding hydrogens is 353 g/mol. The maximum Gasteiger partial charge on any atom is 0.471 e. The fourth-order valence-corrected chi connectivity index (χ4v) is 2.55. The third-order valence-corrected chi connectivity index (χ3v) is 3.73. The molecule has 0 unspecified atom stereocenters. The van der Waals surface area contributed by atoms with Crippen LogP contribution in [0.1, 0.15) is 17.1 Å². The van der Waals surface area contributed by atoms with E-state index in [1.165, 1.54) is 12.3 Å². The largest absolute Gasteiger partial charge is 0.471 e. The van der Waals surface area contributed by atoms with Crippen LogP contribution in [0, 0.1) is 0 Å². The zero-order valence-electron chi connectivity index (χ0n) is 12.8. The van der Waals surface area contributed by atoms with Crippen LogP contribution in [0.5, 0.6) is 0 Å². The fraction of sp³-hybridized carbons (Fsp3) is 0.133. The molecule has 0 amide bonds. The first-order valence-corrected chi connectivity index (χ1v) is 7.33. The number of rotatable bonds is 3. The van der Waals surface area contributed by atoms with Gasteiger partial charge in [0.2, 0.25) is 5.82 Å². The molecule has 4 aromatic heterocycles. The molecule has 0 aromatic carbocycles. The summed E-state index contributed by atoms with van der Waals surface area (Å²) >= 11 is 0. The van der Waals surface area contributed by atoms with E-state index in [1.807, 2.05) is 0 Å². The Balaban J connectivity index is 1.80. The Kier molecular flexibility index (Phi) is 3.56. The highest BCUT2D eigenvalue weighted by atomic mass is 19.4. The molecule has 0 radical (unpaired) electrons. The molecule has 4 heterocycles. The van der Waals surface area contributed by atoms with Crippen LogP contribution in [0.2, 0.25) is 0 Å². The molecule has 0 aliphatic heterocycles. The quantitative estimate of drug-likeness (QED) is 0.578. The van der Waals surface area contributed by atoms with E-state index in [4.69, 9.17) is 0 Å². The molecular formula is C15H9F3N6O2. The van der Waals surface area contributed by atoms with Crippen molar-refractivity contribution in [2.45, 2.75) is 12.6 Å². The molecule has 4 rings (SSSR count). The van der Waals surface area contributed by atoms with Gasteiger partial charge in [0.15, 0.2) is 5.65 Å². The summed E-state index contributed by atoms with van der Waals surface area (Å²) < 4.78 is 42.3. The van der Waals surface area contributed by atoms with Gasteiger partial charge in [-0.3, -0.25) is 9.89 Å². The predicted molar refractivity (Wildman–Crippen MR) is 82.1 cm³/mol. The van der Waals surface area contributed by atoms with E-state index in [9.17, 15) is 18.0 Å². The molecule has 0 aliphatic carbocycles. The molecule has 0 saturated heterocycles. The molecule has 0 bridgehead atoms. The van der Waals surface area contributed by atoms with Crippen molar-refractivity contribution in [3.8, 4) is 11.4 Å². The van der Waals surface area contributed by atoms with Gasteiger partial charge in [-0.05, 0) is 18.2 Å². The first kappa shape index (κ1) is 16.0. The summed E-state index contributed by atoms with van der Waals surface area (Å²) in [6, 6.07) is 4.90. The van der Waals surface area contributed by atoms with Gasteiger partial charge in [0.05, 0.1) is 5.69 Å². The number of hydrogen-bond acceptors (Lipinski definition) is 6. The van der Waals surface area contributed by atoms with Crippen molar-refractivity contribution >= 4 is 11.0 Å². The molecule has 0 atom stereocenters. The van der Waals surface area contributed by atoms with Crippen molar-refractivity contribution in [1.82, 2.24) is 30.3 Å². The summed E-state index contributed by atoms with van der Waals surface area (Å²) in [4.78, 5) is 22.2. The summed E-state index contributed by atoms with van der Waals surface area (Å²) in [5, 5.41) is 10.9. The van der Waals surface area contributed by atoms with Crippen molar-refractivity contribution in [3.05, 3.63) is 58.1 Å². The van der Waals surface area contributed by atoms with Gasteiger partial charge in [-0.1, -0.05) is 5.16 Å². The monoisotopic (exact) mass is 362 g/mol. The number of nitrogens with one attached hydrogen (secondary N) is 2. The van der Waals surface area contributed by atoms with Crippen LogP contribution in [0.15, 0.2) is 39.9 Å². The normalized spacial score (nSPS) is 12.0. The van der Waals surface area contributed by atoms with Gasteiger partial charge < -0.3 is 9.51 Å². The van der Waals surface area contributed by atoms with E-state index in [0.717, 1.165) is 0 Å². The van der Waals surface area contributed by atoms with Crippen molar-refractivity contribution < 1.29 is 17.7 Å². The highest BCUT2D eigenvalue weighted by Crippen LogP contribution is 2.30. The number of nitrogens with zero attached hydrogens (tertiary/aromatic N) is 4. The topological polar surface area (TPSA) is 113 Å².